The lowest BCUT2D eigenvalue weighted by Crippen LogP contribution is -2.13. The first kappa shape index (κ1) is 10.2. The van der Waals surface area contributed by atoms with Gasteiger partial charge in [-0.2, -0.15) is 4.98 Å². The number of nitrogens with two attached hydrogens (primary N) is 1. The summed E-state index contributed by atoms with van der Waals surface area (Å²) in [7, 11) is 1.75. The minimum absolute atomic E-state index is 0.255. The van der Waals surface area contributed by atoms with E-state index >= 15 is 0 Å². The molecule has 0 aliphatic heterocycles. The highest BCUT2D eigenvalue weighted by Gasteiger charge is 2.05. The molecule has 0 atom stereocenters. The SMILES string of the molecule is CC.Cn1cnc2c(N)[nH]c(=O)nc21. The maximum Gasteiger partial charge on any atom is 0.348 e. The van der Waals surface area contributed by atoms with Gasteiger partial charge < -0.3 is 10.3 Å². The van der Waals surface area contributed by atoms with Crippen LogP contribution in [0.25, 0.3) is 11.2 Å². The molecule has 3 N–H and O–H groups in total. The Labute approximate surface area is 80.8 Å². The van der Waals surface area contributed by atoms with Crippen LogP contribution >= 0.6 is 0 Å². The second-order valence-corrected chi connectivity index (χ2v) is 2.48. The van der Waals surface area contributed by atoms with Gasteiger partial charge in [0, 0.05) is 7.05 Å². The van der Waals surface area contributed by atoms with Gasteiger partial charge in [0.15, 0.2) is 5.65 Å². The molecule has 0 saturated heterocycles. The molecule has 0 fully saturated rings. The zero-order chi connectivity index (χ0) is 10.7. The van der Waals surface area contributed by atoms with Crippen LogP contribution in [0, 0.1) is 0 Å². The molecule has 0 spiro atoms. The van der Waals surface area contributed by atoms with E-state index in [0.717, 1.165) is 0 Å². The number of imidazole rings is 1. The summed E-state index contributed by atoms with van der Waals surface area (Å²) in [6.07, 6.45) is 1.56. The normalized spacial score (nSPS) is 9.64. The smallest absolute Gasteiger partial charge is 0.348 e. The van der Waals surface area contributed by atoms with Crippen molar-refractivity contribution in [1.29, 1.82) is 0 Å². The van der Waals surface area contributed by atoms with Crippen molar-refractivity contribution in [2.75, 3.05) is 5.73 Å². The quantitative estimate of drug-likeness (QED) is 0.631. The van der Waals surface area contributed by atoms with Crippen molar-refractivity contribution in [2.45, 2.75) is 13.8 Å². The van der Waals surface area contributed by atoms with Crippen LogP contribution < -0.4 is 11.4 Å². The van der Waals surface area contributed by atoms with E-state index in [4.69, 9.17) is 5.73 Å². The van der Waals surface area contributed by atoms with Gasteiger partial charge in [-0.25, -0.2) is 9.78 Å². The van der Waals surface area contributed by atoms with E-state index in [-0.39, 0.29) is 5.82 Å². The number of anilines is 1. The molecule has 6 nitrogen and oxygen atoms in total. The minimum atomic E-state index is -0.455. The number of fused-ring (bicyclic) bond motifs is 1. The topological polar surface area (TPSA) is 89.6 Å². The van der Waals surface area contributed by atoms with Gasteiger partial charge in [-0.15, -0.1) is 0 Å². The summed E-state index contributed by atoms with van der Waals surface area (Å²) >= 11 is 0. The number of H-pyrrole nitrogens is 1. The molecule has 2 aromatic rings. The number of nitrogens with zero attached hydrogens (tertiary/aromatic N) is 3. The minimum Gasteiger partial charge on any atom is -0.383 e. The molecule has 14 heavy (non-hydrogen) atoms. The number of hydrogen-bond donors (Lipinski definition) is 2. The second kappa shape index (κ2) is 3.91. The maximum atomic E-state index is 10.9. The van der Waals surface area contributed by atoms with Crippen molar-refractivity contribution in [1.82, 2.24) is 19.5 Å². The molecule has 2 rings (SSSR count). The number of aromatic amines is 1. The second-order valence-electron chi connectivity index (χ2n) is 2.48. The number of nitrogens with one attached hydrogen (secondary N) is 1. The van der Waals surface area contributed by atoms with Crippen LogP contribution in [0.1, 0.15) is 13.8 Å². The monoisotopic (exact) mass is 195 g/mol. The zero-order valence-electron chi connectivity index (χ0n) is 8.40. The van der Waals surface area contributed by atoms with Crippen molar-refractivity contribution < 1.29 is 0 Å². The van der Waals surface area contributed by atoms with E-state index in [9.17, 15) is 4.79 Å². The van der Waals surface area contributed by atoms with Gasteiger partial charge in [0.1, 0.15) is 11.3 Å². The van der Waals surface area contributed by atoms with E-state index in [1.807, 2.05) is 13.8 Å². The van der Waals surface area contributed by atoms with Gasteiger partial charge in [0.25, 0.3) is 0 Å². The molecule has 0 aromatic carbocycles. The van der Waals surface area contributed by atoms with Gasteiger partial charge in [0.05, 0.1) is 6.33 Å². The van der Waals surface area contributed by atoms with Gasteiger partial charge in [-0.1, -0.05) is 13.8 Å². The first-order chi connectivity index (χ1) is 6.68. The highest BCUT2D eigenvalue weighted by molar-refractivity contribution is 5.80. The van der Waals surface area contributed by atoms with Crippen molar-refractivity contribution >= 4 is 17.0 Å². The molecule has 0 aliphatic carbocycles. The van der Waals surface area contributed by atoms with E-state index in [0.29, 0.717) is 11.2 Å². The molecule has 0 unspecified atom stereocenters. The zero-order valence-corrected chi connectivity index (χ0v) is 8.40. The number of aryl methyl sites for hydroxylation is 1. The maximum absolute atomic E-state index is 10.9. The Hall–Kier alpha value is -1.85. The summed E-state index contributed by atoms with van der Waals surface area (Å²) in [4.78, 5) is 20.9. The lowest BCUT2D eigenvalue weighted by molar-refractivity contribution is 0.921. The van der Waals surface area contributed by atoms with Gasteiger partial charge in [0.2, 0.25) is 0 Å². The van der Waals surface area contributed by atoms with Crippen molar-refractivity contribution in [3.63, 3.8) is 0 Å². The molecule has 76 valence electrons. The molecular formula is C8H13N5O. The molecular weight excluding hydrogens is 182 g/mol. The van der Waals surface area contributed by atoms with Crippen LogP contribution in [0.3, 0.4) is 0 Å². The van der Waals surface area contributed by atoms with E-state index in [1.54, 1.807) is 17.9 Å². The average Bonchev–Trinajstić information content (AvgIpc) is 2.52. The molecule has 0 saturated carbocycles. The Balaban J connectivity index is 0.000000461. The van der Waals surface area contributed by atoms with Crippen molar-refractivity contribution in [3.05, 3.63) is 16.8 Å². The standard InChI is InChI=1S/C6H7N5O.C2H6/c1-11-2-8-3-4(7)9-6(12)10-5(3)11;1-2/h2H,1H3,(H3,7,9,10,12);1-2H3. The van der Waals surface area contributed by atoms with Crippen LogP contribution in [0.2, 0.25) is 0 Å². The molecule has 2 heterocycles. The molecule has 2 aromatic heterocycles. The molecule has 0 bridgehead atoms. The number of nitrogen functional groups attached to an aromatic ring is 1. The van der Waals surface area contributed by atoms with Gasteiger partial charge >= 0.3 is 5.69 Å². The summed E-state index contributed by atoms with van der Waals surface area (Å²) < 4.78 is 1.64. The van der Waals surface area contributed by atoms with Gasteiger partial charge in [-0.05, 0) is 0 Å². The third kappa shape index (κ3) is 1.59. The lowest BCUT2D eigenvalue weighted by atomic mass is 10.5. The van der Waals surface area contributed by atoms with Crippen LogP contribution in [-0.4, -0.2) is 19.5 Å². The van der Waals surface area contributed by atoms with Crippen molar-refractivity contribution in [2.24, 2.45) is 7.05 Å². The highest BCUT2D eigenvalue weighted by atomic mass is 16.1. The fourth-order valence-corrected chi connectivity index (χ4v) is 1.04. The van der Waals surface area contributed by atoms with Crippen LogP contribution in [0.15, 0.2) is 11.1 Å². The third-order valence-corrected chi connectivity index (χ3v) is 1.61. The Morgan fingerprint density at radius 3 is 2.79 bits per heavy atom. The largest absolute Gasteiger partial charge is 0.383 e. The molecule has 0 radical (unpaired) electrons. The molecule has 0 amide bonds. The van der Waals surface area contributed by atoms with E-state index in [1.165, 1.54) is 0 Å². The Morgan fingerprint density at radius 1 is 1.50 bits per heavy atom. The summed E-state index contributed by atoms with van der Waals surface area (Å²) in [6, 6.07) is 0. The summed E-state index contributed by atoms with van der Waals surface area (Å²) in [6.45, 7) is 4.00. The average molecular weight is 195 g/mol. The van der Waals surface area contributed by atoms with Crippen LogP contribution in [-0.2, 0) is 7.05 Å². The molecule has 0 aliphatic rings. The third-order valence-electron chi connectivity index (χ3n) is 1.61. The van der Waals surface area contributed by atoms with E-state index < -0.39 is 5.69 Å². The number of rotatable bonds is 0. The van der Waals surface area contributed by atoms with Crippen molar-refractivity contribution in [3.8, 4) is 0 Å². The first-order valence-electron chi connectivity index (χ1n) is 4.35. The summed E-state index contributed by atoms with van der Waals surface area (Å²) in [5, 5.41) is 0. The predicted molar refractivity (Wildman–Crippen MR) is 54.9 cm³/mol. The number of hydrogen-bond acceptors (Lipinski definition) is 4. The fourth-order valence-electron chi connectivity index (χ4n) is 1.04. The van der Waals surface area contributed by atoms with Crippen LogP contribution in [0.5, 0.6) is 0 Å². The number of aromatic nitrogens is 4. The summed E-state index contributed by atoms with van der Waals surface area (Å²) in [5.74, 6) is 0.255. The lowest BCUT2D eigenvalue weighted by Gasteiger charge is -1.93. The Morgan fingerprint density at radius 2 is 2.14 bits per heavy atom. The van der Waals surface area contributed by atoms with Gasteiger partial charge in [-0.3, -0.25) is 4.98 Å². The Bertz CT molecular complexity index is 484. The van der Waals surface area contributed by atoms with E-state index in [2.05, 4.69) is 15.0 Å². The van der Waals surface area contributed by atoms with Crippen LogP contribution in [0.4, 0.5) is 5.82 Å². The first-order valence-corrected chi connectivity index (χ1v) is 4.35. The highest BCUT2D eigenvalue weighted by Crippen LogP contribution is 2.10. The Kier molecular flexibility index (Phi) is 2.85. The fraction of sp³-hybridized carbons (Fsp3) is 0.375. The summed E-state index contributed by atoms with van der Waals surface area (Å²) in [5.41, 5.74) is 6.07. The molecule has 6 heteroatoms. The predicted octanol–water partition coefficient (Wildman–Crippen LogP) is 0.265.